The monoisotopic (exact) mass is 304 g/mol. The normalized spacial score (nSPS) is 21.2. The Kier molecular flexibility index (Phi) is 5.41. The summed E-state index contributed by atoms with van der Waals surface area (Å²) in [5.74, 6) is 1.74. The fourth-order valence-electron chi connectivity index (χ4n) is 2.89. The summed E-state index contributed by atoms with van der Waals surface area (Å²) in [6.45, 7) is 4.33. The van der Waals surface area contributed by atoms with Crippen LogP contribution in [0.5, 0.6) is 11.5 Å². The SMILES string of the molecule is COc1ccc(C(=O)NN=C2[C@H](C)CCC[C@H]2C)cc1OC. The number of nitrogens with one attached hydrogen (secondary N) is 1. The van der Waals surface area contributed by atoms with E-state index in [0.717, 1.165) is 18.6 Å². The van der Waals surface area contributed by atoms with Gasteiger partial charge in [0.1, 0.15) is 0 Å². The fraction of sp³-hybridized carbons (Fsp3) is 0.529. The van der Waals surface area contributed by atoms with Gasteiger partial charge in [0, 0.05) is 11.3 Å². The van der Waals surface area contributed by atoms with E-state index in [1.807, 2.05) is 0 Å². The minimum atomic E-state index is -0.238. The van der Waals surface area contributed by atoms with E-state index in [9.17, 15) is 4.79 Å². The van der Waals surface area contributed by atoms with E-state index in [2.05, 4.69) is 24.4 Å². The molecule has 5 nitrogen and oxygen atoms in total. The minimum Gasteiger partial charge on any atom is -0.493 e. The van der Waals surface area contributed by atoms with Crippen LogP contribution in [-0.4, -0.2) is 25.8 Å². The van der Waals surface area contributed by atoms with Crippen LogP contribution >= 0.6 is 0 Å². The number of benzene rings is 1. The van der Waals surface area contributed by atoms with Gasteiger partial charge in [-0.3, -0.25) is 4.79 Å². The molecule has 1 aliphatic rings. The van der Waals surface area contributed by atoms with Crippen LogP contribution in [0, 0.1) is 11.8 Å². The average molecular weight is 304 g/mol. The van der Waals surface area contributed by atoms with Crippen molar-refractivity contribution in [2.75, 3.05) is 14.2 Å². The summed E-state index contributed by atoms with van der Waals surface area (Å²) < 4.78 is 10.4. The number of rotatable bonds is 4. The molecule has 1 N–H and O–H groups in total. The zero-order valence-electron chi connectivity index (χ0n) is 13.7. The highest BCUT2D eigenvalue weighted by Gasteiger charge is 2.23. The lowest BCUT2D eigenvalue weighted by Gasteiger charge is -2.26. The maximum Gasteiger partial charge on any atom is 0.271 e. The molecule has 1 aromatic carbocycles. The molecule has 1 aromatic rings. The Morgan fingerprint density at radius 1 is 1.14 bits per heavy atom. The molecule has 0 aliphatic heterocycles. The molecule has 1 aliphatic carbocycles. The highest BCUT2D eigenvalue weighted by Crippen LogP contribution is 2.28. The second-order valence-corrected chi connectivity index (χ2v) is 5.78. The van der Waals surface area contributed by atoms with Crippen molar-refractivity contribution in [2.45, 2.75) is 33.1 Å². The molecule has 0 aromatic heterocycles. The van der Waals surface area contributed by atoms with E-state index < -0.39 is 0 Å². The summed E-state index contributed by atoms with van der Waals surface area (Å²) in [6.07, 6.45) is 3.50. The van der Waals surface area contributed by atoms with Crippen molar-refractivity contribution in [3.8, 4) is 11.5 Å². The van der Waals surface area contributed by atoms with Crippen LogP contribution in [0.3, 0.4) is 0 Å². The lowest BCUT2D eigenvalue weighted by Crippen LogP contribution is -2.29. The molecule has 2 rings (SSSR count). The van der Waals surface area contributed by atoms with Gasteiger partial charge in [-0.25, -0.2) is 5.43 Å². The fourth-order valence-corrected chi connectivity index (χ4v) is 2.89. The van der Waals surface area contributed by atoms with Gasteiger partial charge in [-0.15, -0.1) is 0 Å². The molecule has 0 radical (unpaired) electrons. The number of amides is 1. The predicted molar refractivity (Wildman–Crippen MR) is 86.6 cm³/mol. The molecule has 120 valence electrons. The van der Waals surface area contributed by atoms with Gasteiger partial charge in [-0.05, 0) is 42.9 Å². The topological polar surface area (TPSA) is 59.9 Å². The van der Waals surface area contributed by atoms with Crippen molar-refractivity contribution in [1.29, 1.82) is 0 Å². The van der Waals surface area contributed by atoms with Crippen molar-refractivity contribution in [2.24, 2.45) is 16.9 Å². The van der Waals surface area contributed by atoms with Gasteiger partial charge in [0.25, 0.3) is 5.91 Å². The lowest BCUT2D eigenvalue weighted by atomic mass is 9.81. The Morgan fingerprint density at radius 3 is 2.36 bits per heavy atom. The summed E-state index contributed by atoms with van der Waals surface area (Å²) in [6, 6.07) is 5.07. The van der Waals surface area contributed by atoms with Crippen molar-refractivity contribution in [3.63, 3.8) is 0 Å². The third kappa shape index (κ3) is 3.59. The van der Waals surface area contributed by atoms with Crippen molar-refractivity contribution in [3.05, 3.63) is 23.8 Å². The number of hydrogen-bond acceptors (Lipinski definition) is 4. The number of carbonyl (C=O) groups is 1. The molecule has 0 spiro atoms. The maximum atomic E-state index is 12.3. The summed E-state index contributed by atoms with van der Waals surface area (Å²) in [5, 5.41) is 4.36. The molecule has 2 atom stereocenters. The Morgan fingerprint density at radius 2 is 1.77 bits per heavy atom. The average Bonchev–Trinajstić information content (AvgIpc) is 2.53. The van der Waals surface area contributed by atoms with E-state index in [1.165, 1.54) is 6.42 Å². The van der Waals surface area contributed by atoms with Gasteiger partial charge in [-0.1, -0.05) is 20.3 Å². The van der Waals surface area contributed by atoms with Crippen molar-refractivity contribution >= 4 is 11.6 Å². The molecule has 1 fully saturated rings. The van der Waals surface area contributed by atoms with Crippen LogP contribution in [-0.2, 0) is 0 Å². The first-order chi connectivity index (χ1) is 10.6. The minimum absolute atomic E-state index is 0.238. The number of ether oxygens (including phenoxy) is 2. The third-order valence-corrected chi connectivity index (χ3v) is 4.22. The number of nitrogens with zero attached hydrogens (tertiary/aromatic N) is 1. The molecule has 0 bridgehead atoms. The zero-order valence-corrected chi connectivity index (χ0v) is 13.7. The zero-order chi connectivity index (χ0) is 16.1. The van der Waals surface area contributed by atoms with Gasteiger partial charge in [0.15, 0.2) is 11.5 Å². The molecule has 22 heavy (non-hydrogen) atoms. The quantitative estimate of drug-likeness (QED) is 0.869. The standard InChI is InChI=1S/C17H24N2O3/c1-11-6-5-7-12(2)16(11)18-19-17(20)13-8-9-14(21-3)15(10-13)22-4/h8-12H,5-7H2,1-4H3,(H,19,20)/t11-,12-/m1/s1. The first-order valence-electron chi connectivity index (χ1n) is 7.66. The van der Waals surface area contributed by atoms with Gasteiger partial charge in [-0.2, -0.15) is 5.10 Å². The Bertz CT molecular complexity index is 557. The first kappa shape index (κ1) is 16.3. The van der Waals surface area contributed by atoms with E-state index >= 15 is 0 Å². The van der Waals surface area contributed by atoms with Crippen LogP contribution in [0.15, 0.2) is 23.3 Å². The van der Waals surface area contributed by atoms with E-state index in [4.69, 9.17) is 9.47 Å². The van der Waals surface area contributed by atoms with Crippen molar-refractivity contribution < 1.29 is 14.3 Å². The molecular weight excluding hydrogens is 280 g/mol. The summed E-state index contributed by atoms with van der Waals surface area (Å²) in [5.41, 5.74) is 4.25. The van der Waals surface area contributed by atoms with Crippen molar-refractivity contribution in [1.82, 2.24) is 5.43 Å². The maximum absolute atomic E-state index is 12.3. The lowest BCUT2D eigenvalue weighted by molar-refractivity contribution is 0.0954. The summed E-state index contributed by atoms with van der Waals surface area (Å²) in [7, 11) is 3.11. The molecule has 1 saturated carbocycles. The summed E-state index contributed by atoms with van der Waals surface area (Å²) in [4.78, 5) is 12.3. The molecule has 5 heteroatoms. The van der Waals surface area contributed by atoms with Gasteiger partial charge < -0.3 is 9.47 Å². The first-order valence-corrected chi connectivity index (χ1v) is 7.66. The van der Waals surface area contributed by atoms with Crippen LogP contribution in [0.4, 0.5) is 0 Å². The Hall–Kier alpha value is -2.04. The molecular formula is C17H24N2O3. The number of hydrogen-bond donors (Lipinski definition) is 1. The van der Waals surface area contributed by atoms with E-state index in [-0.39, 0.29) is 5.91 Å². The number of methoxy groups -OCH3 is 2. The molecule has 0 heterocycles. The van der Waals surface area contributed by atoms with Crippen LogP contribution in [0.2, 0.25) is 0 Å². The molecule has 0 saturated heterocycles. The highest BCUT2D eigenvalue weighted by atomic mass is 16.5. The predicted octanol–water partition coefficient (Wildman–Crippen LogP) is 3.25. The largest absolute Gasteiger partial charge is 0.493 e. The van der Waals surface area contributed by atoms with Crippen LogP contribution in [0.25, 0.3) is 0 Å². The van der Waals surface area contributed by atoms with Gasteiger partial charge in [0.2, 0.25) is 0 Å². The molecule has 0 unspecified atom stereocenters. The smallest absolute Gasteiger partial charge is 0.271 e. The Balaban J connectivity index is 2.12. The highest BCUT2D eigenvalue weighted by molar-refractivity contribution is 5.96. The second kappa shape index (κ2) is 7.29. The van der Waals surface area contributed by atoms with Crippen LogP contribution < -0.4 is 14.9 Å². The summed E-state index contributed by atoms with van der Waals surface area (Å²) >= 11 is 0. The van der Waals surface area contributed by atoms with E-state index in [0.29, 0.717) is 28.9 Å². The Labute approximate surface area is 131 Å². The van der Waals surface area contributed by atoms with Gasteiger partial charge in [0.05, 0.1) is 14.2 Å². The second-order valence-electron chi connectivity index (χ2n) is 5.78. The van der Waals surface area contributed by atoms with Gasteiger partial charge >= 0.3 is 0 Å². The van der Waals surface area contributed by atoms with Crippen LogP contribution in [0.1, 0.15) is 43.5 Å². The number of hydrazone groups is 1. The van der Waals surface area contributed by atoms with E-state index in [1.54, 1.807) is 32.4 Å². The number of carbonyl (C=O) groups excluding carboxylic acids is 1. The third-order valence-electron chi connectivity index (χ3n) is 4.22. The molecule has 1 amide bonds.